The van der Waals surface area contributed by atoms with Crippen molar-refractivity contribution < 1.29 is 0 Å². The Morgan fingerprint density at radius 3 is 1.59 bits per heavy atom. The SMILES string of the molecule is C=C/C(=C\c1c[nH]c(=O)s1)[P+](c1ccccc1)(c1ccccc1)c1ccccc1. The summed E-state index contributed by atoms with van der Waals surface area (Å²) in [5.41, 5.74) is 0. The first-order valence-corrected chi connectivity index (χ1v) is 11.9. The highest BCUT2D eigenvalue weighted by Gasteiger charge is 2.48. The van der Waals surface area contributed by atoms with Crippen LogP contribution in [0.1, 0.15) is 4.88 Å². The number of hydrogen-bond donors (Lipinski definition) is 1. The highest BCUT2D eigenvalue weighted by Crippen LogP contribution is 2.63. The Morgan fingerprint density at radius 1 is 0.793 bits per heavy atom. The lowest BCUT2D eigenvalue weighted by Crippen LogP contribution is -2.31. The first-order chi connectivity index (χ1) is 14.2. The van der Waals surface area contributed by atoms with Gasteiger partial charge < -0.3 is 4.98 Å². The molecule has 0 unspecified atom stereocenters. The van der Waals surface area contributed by atoms with Gasteiger partial charge in [0.1, 0.15) is 28.5 Å². The lowest BCUT2D eigenvalue weighted by Gasteiger charge is -2.28. The van der Waals surface area contributed by atoms with Crippen molar-refractivity contribution in [2.75, 3.05) is 0 Å². The standard InChI is InChI=1S/C25H20NOPS/c1-2-20(18-24-19-26-25(27)29-24)28(21-12-6-3-7-13-21,22-14-8-4-9-15-22)23-16-10-5-11-17-23/h2-19H,1H2/p+1/b20-18+. The minimum absolute atomic E-state index is 0.0530. The van der Waals surface area contributed by atoms with Gasteiger partial charge in [0.25, 0.3) is 0 Å². The summed E-state index contributed by atoms with van der Waals surface area (Å²) in [7, 11) is -2.19. The molecule has 0 aliphatic heterocycles. The Morgan fingerprint density at radius 2 is 1.24 bits per heavy atom. The van der Waals surface area contributed by atoms with Gasteiger partial charge >= 0.3 is 4.87 Å². The third-order valence-electron chi connectivity index (χ3n) is 4.86. The fourth-order valence-electron chi connectivity index (χ4n) is 3.65. The molecular formula is C25H21NOPS+. The number of hydrogen-bond acceptors (Lipinski definition) is 2. The van der Waals surface area contributed by atoms with Crippen molar-refractivity contribution >= 4 is 40.6 Å². The third-order valence-corrected chi connectivity index (χ3v) is 9.94. The first kappa shape index (κ1) is 19.3. The van der Waals surface area contributed by atoms with Crippen LogP contribution in [0.2, 0.25) is 0 Å². The number of H-pyrrole nitrogens is 1. The Labute approximate surface area is 175 Å². The molecule has 142 valence electrons. The molecule has 0 aliphatic carbocycles. The van der Waals surface area contributed by atoms with Gasteiger partial charge in [-0.3, -0.25) is 4.79 Å². The summed E-state index contributed by atoms with van der Waals surface area (Å²) < 4.78 is 0. The first-order valence-electron chi connectivity index (χ1n) is 9.34. The van der Waals surface area contributed by atoms with E-state index in [1.807, 2.05) is 24.3 Å². The smallest absolute Gasteiger partial charge is 0.305 e. The topological polar surface area (TPSA) is 32.9 Å². The molecule has 4 heteroatoms. The molecule has 4 aromatic rings. The molecule has 1 aromatic heterocycles. The minimum Gasteiger partial charge on any atom is -0.319 e. The van der Waals surface area contributed by atoms with Gasteiger partial charge in [-0.2, -0.15) is 0 Å². The Bertz CT molecular complexity index is 1080. The maximum absolute atomic E-state index is 11.7. The number of thiazole rings is 1. The molecule has 3 aromatic carbocycles. The van der Waals surface area contributed by atoms with Crippen LogP contribution in [0.5, 0.6) is 0 Å². The number of benzene rings is 3. The van der Waals surface area contributed by atoms with E-state index in [0.717, 1.165) is 10.2 Å². The molecule has 1 N–H and O–H groups in total. The van der Waals surface area contributed by atoms with Gasteiger partial charge in [-0.05, 0) is 42.5 Å². The summed E-state index contributed by atoms with van der Waals surface area (Å²) in [6, 6.07) is 31.9. The van der Waals surface area contributed by atoms with E-state index in [1.165, 1.54) is 27.3 Å². The molecule has 29 heavy (non-hydrogen) atoms. The van der Waals surface area contributed by atoms with Gasteiger partial charge in [0, 0.05) is 12.3 Å². The van der Waals surface area contributed by atoms with E-state index >= 15 is 0 Å². The number of aromatic nitrogens is 1. The average molecular weight is 414 g/mol. The van der Waals surface area contributed by atoms with Crippen LogP contribution >= 0.6 is 18.6 Å². The second kappa shape index (κ2) is 8.57. The van der Waals surface area contributed by atoms with E-state index in [9.17, 15) is 4.79 Å². The van der Waals surface area contributed by atoms with Crippen LogP contribution in [0, 0.1) is 0 Å². The molecular weight excluding hydrogens is 393 g/mol. The molecule has 1 heterocycles. The van der Waals surface area contributed by atoms with Crippen LogP contribution in [-0.4, -0.2) is 4.98 Å². The molecule has 0 bridgehead atoms. The van der Waals surface area contributed by atoms with Gasteiger partial charge in [-0.15, -0.1) is 0 Å². The van der Waals surface area contributed by atoms with Crippen LogP contribution in [0.4, 0.5) is 0 Å². The number of nitrogens with one attached hydrogen (secondary N) is 1. The highest BCUT2D eigenvalue weighted by molar-refractivity contribution is 7.99. The zero-order chi connectivity index (χ0) is 20.1. The number of allylic oxidation sites excluding steroid dienone is 2. The predicted octanol–water partition coefficient (Wildman–Crippen LogP) is 4.96. The average Bonchev–Trinajstić information content (AvgIpc) is 3.20. The van der Waals surface area contributed by atoms with E-state index in [0.29, 0.717) is 0 Å². The molecule has 4 rings (SSSR count). The largest absolute Gasteiger partial charge is 0.319 e. The van der Waals surface area contributed by atoms with Crippen molar-refractivity contribution in [2.45, 2.75) is 0 Å². The lowest BCUT2D eigenvalue weighted by atomic mass is 10.3. The van der Waals surface area contributed by atoms with Crippen molar-refractivity contribution in [1.29, 1.82) is 0 Å². The fourth-order valence-corrected chi connectivity index (χ4v) is 8.63. The Balaban J connectivity index is 2.11. The summed E-state index contributed by atoms with van der Waals surface area (Å²) in [6.07, 6.45) is 5.83. The third kappa shape index (κ3) is 3.67. The van der Waals surface area contributed by atoms with E-state index in [2.05, 4.69) is 90.4 Å². The Hall–Kier alpha value is -3.00. The quantitative estimate of drug-likeness (QED) is 0.351. The second-order valence-corrected chi connectivity index (χ2v) is 11.0. The van der Waals surface area contributed by atoms with E-state index in [4.69, 9.17) is 0 Å². The van der Waals surface area contributed by atoms with Crippen LogP contribution in [0.3, 0.4) is 0 Å². The van der Waals surface area contributed by atoms with Gasteiger partial charge in [0.05, 0.1) is 4.88 Å². The molecule has 0 radical (unpaired) electrons. The van der Waals surface area contributed by atoms with Gasteiger partial charge in [0.2, 0.25) is 0 Å². The maximum Gasteiger partial charge on any atom is 0.305 e. The van der Waals surface area contributed by atoms with Crippen molar-refractivity contribution in [3.8, 4) is 0 Å². The molecule has 0 saturated carbocycles. The molecule has 0 amide bonds. The van der Waals surface area contributed by atoms with Crippen LogP contribution < -0.4 is 20.8 Å². The molecule has 0 atom stereocenters. The zero-order valence-electron chi connectivity index (χ0n) is 15.9. The lowest BCUT2D eigenvalue weighted by molar-refractivity contribution is 1.34. The van der Waals surface area contributed by atoms with Crippen molar-refractivity contribution in [3.05, 3.63) is 130 Å². The van der Waals surface area contributed by atoms with E-state index < -0.39 is 7.26 Å². The highest BCUT2D eigenvalue weighted by atomic mass is 32.1. The van der Waals surface area contributed by atoms with Crippen molar-refractivity contribution in [2.24, 2.45) is 0 Å². The Kier molecular flexibility index (Phi) is 5.71. The van der Waals surface area contributed by atoms with E-state index in [-0.39, 0.29) is 4.87 Å². The molecule has 0 fully saturated rings. The molecule has 0 spiro atoms. The number of rotatable bonds is 6. The predicted molar refractivity (Wildman–Crippen MR) is 128 cm³/mol. The normalized spacial score (nSPS) is 11.9. The summed E-state index contributed by atoms with van der Waals surface area (Å²) in [5.74, 6) is 0. The molecule has 0 saturated heterocycles. The van der Waals surface area contributed by atoms with Crippen LogP contribution in [0.25, 0.3) is 6.08 Å². The van der Waals surface area contributed by atoms with Crippen LogP contribution in [-0.2, 0) is 0 Å². The molecule has 0 aliphatic rings. The maximum atomic E-state index is 11.7. The number of aromatic amines is 1. The fraction of sp³-hybridized carbons (Fsp3) is 0. The van der Waals surface area contributed by atoms with Gasteiger partial charge in [-0.25, -0.2) is 0 Å². The summed E-state index contributed by atoms with van der Waals surface area (Å²) in [5, 5.41) is 4.89. The van der Waals surface area contributed by atoms with Crippen LogP contribution in [0.15, 0.2) is 120 Å². The van der Waals surface area contributed by atoms with Gasteiger partial charge in [-0.1, -0.05) is 72.5 Å². The van der Waals surface area contributed by atoms with Crippen molar-refractivity contribution in [3.63, 3.8) is 0 Å². The summed E-state index contributed by atoms with van der Waals surface area (Å²) in [6.45, 7) is 4.18. The van der Waals surface area contributed by atoms with Gasteiger partial charge in [0.15, 0.2) is 0 Å². The van der Waals surface area contributed by atoms with Crippen molar-refractivity contribution in [1.82, 2.24) is 4.98 Å². The minimum atomic E-state index is -2.19. The van der Waals surface area contributed by atoms with E-state index in [1.54, 1.807) is 6.20 Å². The molecule has 2 nitrogen and oxygen atoms in total. The summed E-state index contributed by atoms with van der Waals surface area (Å²) >= 11 is 1.22. The monoisotopic (exact) mass is 414 g/mol. The second-order valence-electron chi connectivity index (χ2n) is 6.53. The zero-order valence-corrected chi connectivity index (χ0v) is 17.6. The summed E-state index contributed by atoms with van der Waals surface area (Å²) in [4.78, 5) is 15.3.